The normalized spacial score (nSPS) is 24.8. The summed E-state index contributed by atoms with van der Waals surface area (Å²) in [6.45, 7) is 3.78. The van der Waals surface area contributed by atoms with Crippen LogP contribution in [-0.2, 0) is 9.53 Å². The number of piperazine rings is 1. The van der Waals surface area contributed by atoms with Crippen LogP contribution in [0.25, 0.3) is 10.4 Å². The lowest BCUT2D eigenvalue weighted by atomic mass is 9.78. The third-order valence-electron chi connectivity index (χ3n) is 11.0. The molecule has 2 amide bonds. The number of nitrogens with zero attached hydrogens (tertiary/aromatic N) is 5. The van der Waals surface area contributed by atoms with Gasteiger partial charge in [-0.3, -0.25) is 9.69 Å². The van der Waals surface area contributed by atoms with Crippen LogP contribution >= 0.6 is 22.9 Å². The lowest BCUT2D eigenvalue weighted by Gasteiger charge is -2.36. The number of methoxy groups -OCH3 is 1. The number of benzene rings is 1. The average Bonchev–Trinajstić information content (AvgIpc) is 3.86. The van der Waals surface area contributed by atoms with Crippen LogP contribution in [0.15, 0.2) is 42.7 Å². The zero-order chi connectivity index (χ0) is 33.9. The highest BCUT2D eigenvalue weighted by atomic mass is 35.5. The van der Waals surface area contributed by atoms with Gasteiger partial charge in [-0.15, -0.1) is 11.3 Å². The molecule has 9 nitrogen and oxygen atoms in total. The van der Waals surface area contributed by atoms with Gasteiger partial charge in [0.15, 0.2) is 0 Å². The van der Waals surface area contributed by atoms with Crippen LogP contribution in [0.4, 0.5) is 10.6 Å². The van der Waals surface area contributed by atoms with Crippen molar-refractivity contribution in [1.29, 1.82) is 0 Å². The molecule has 0 bridgehead atoms. The minimum absolute atomic E-state index is 0.119. The highest BCUT2D eigenvalue weighted by Crippen LogP contribution is 2.44. The second-order valence-electron chi connectivity index (χ2n) is 14.4. The monoisotopic (exact) mass is 705 g/mol. The highest BCUT2D eigenvalue weighted by molar-refractivity contribution is 7.15. The van der Waals surface area contributed by atoms with Crippen molar-refractivity contribution in [3.8, 4) is 16.2 Å². The number of thiazole rings is 1. The van der Waals surface area contributed by atoms with E-state index in [0.29, 0.717) is 73.8 Å². The van der Waals surface area contributed by atoms with Gasteiger partial charge in [0, 0.05) is 57.0 Å². The Morgan fingerprint density at radius 3 is 2.35 bits per heavy atom. The van der Waals surface area contributed by atoms with Crippen LogP contribution in [0, 0.1) is 11.8 Å². The number of aromatic nitrogens is 2. The molecule has 3 heterocycles. The maximum absolute atomic E-state index is 14.4. The predicted molar refractivity (Wildman–Crippen MR) is 194 cm³/mol. The van der Waals surface area contributed by atoms with Crippen LogP contribution in [-0.4, -0.2) is 84.8 Å². The van der Waals surface area contributed by atoms with Gasteiger partial charge in [0.1, 0.15) is 17.7 Å². The molecule has 11 heteroatoms. The minimum atomic E-state index is -0.217. The van der Waals surface area contributed by atoms with Crippen molar-refractivity contribution in [3.05, 3.63) is 58.3 Å². The maximum atomic E-state index is 14.4. The van der Waals surface area contributed by atoms with Gasteiger partial charge in [-0.2, -0.15) is 0 Å². The van der Waals surface area contributed by atoms with Gasteiger partial charge in [-0.25, -0.2) is 14.8 Å². The molecule has 0 N–H and O–H groups in total. The number of pyridine rings is 1. The third kappa shape index (κ3) is 8.24. The van der Waals surface area contributed by atoms with Crippen LogP contribution in [0.5, 0.6) is 5.75 Å². The lowest BCUT2D eigenvalue weighted by Crippen LogP contribution is -2.48. The minimum Gasteiger partial charge on any atom is -0.495 e. The molecule has 7 rings (SSSR count). The van der Waals surface area contributed by atoms with Crippen LogP contribution in [0.3, 0.4) is 0 Å². The number of hydrogen-bond donors (Lipinski definition) is 0. The van der Waals surface area contributed by atoms with Gasteiger partial charge in [0.25, 0.3) is 0 Å². The van der Waals surface area contributed by atoms with Crippen molar-refractivity contribution < 1.29 is 19.1 Å². The standard InChI is InChI=1S/C38H48ClN5O4S/c1-42-17-19-43(20-18-42)38(46)48-31-12-9-28(10-13-31)37(45)44(35-22-30(15-16-40-35)34-23-41-36(49-34)27-7-8-27)24-25-3-5-26(6-4-25)29-11-14-33(47-2)32(39)21-29/h11,14-16,21-23,25-28,31H,3-10,12-13,17-20,24H2,1-2H3/t25-,26-,28-,31-. The summed E-state index contributed by atoms with van der Waals surface area (Å²) in [7, 11) is 3.71. The van der Waals surface area contributed by atoms with Crippen molar-refractivity contribution >= 4 is 40.8 Å². The number of rotatable bonds is 9. The first-order chi connectivity index (χ1) is 23.8. The number of amides is 2. The molecule has 0 spiro atoms. The molecular formula is C38H48ClN5O4S. The first-order valence-corrected chi connectivity index (χ1v) is 19.2. The van der Waals surface area contributed by atoms with Gasteiger partial charge in [0.2, 0.25) is 5.91 Å². The first-order valence-electron chi connectivity index (χ1n) is 18.1. The molecule has 262 valence electrons. The fourth-order valence-corrected chi connectivity index (χ4v) is 9.03. The summed E-state index contributed by atoms with van der Waals surface area (Å²) < 4.78 is 11.3. The van der Waals surface area contributed by atoms with E-state index < -0.39 is 0 Å². The Labute approximate surface area is 298 Å². The number of hydrogen-bond acceptors (Lipinski definition) is 8. The van der Waals surface area contributed by atoms with Crippen LogP contribution < -0.4 is 9.64 Å². The molecule has 4 fully saturated rings. The lowest BCUT2D eigenvalue weighted by molar-refractivity contribution is -0.124. The van der Waals surface area contributed by atoms with Crippen molar-refractivity contribution in [2.75, 3.05) is 51.8 Å². The predicted octanol–water partition coefficient (Wildman–Crippen LogP) is 7.99. The molecule has 1 saturated heterocycles. The number of likely N-dealkylation sites (N-methyl/N-ethyl adjacent to an activating group) is 1. The summed E-state index contributed by atoms with van der Waals surface area (Å²) in [5, 5.41) is 1.86. The Morgan fingerprint density at radius 2 is 1.65 bits per heavy atom. The molecular weight excluding hydrogens is 658 g/mol. The number of ether oxygens (including phenoxy) is 2. The molecule has 3 aromatic rings. The second kappa shape index (κ2) is 15.4. The van der Waals surface area contributed by atoms with Crippen molar-refractivity contribution in [2.24, 2.45) is 11.8 Å². The average molecular weight is 706 g/mol. The molecule has 0 atom stereocenters. The van der Waals surface area contributed by atoms with E-state index in [4.69, 9.17) is 31.0 Å². The quantitative estimate of drug-likeness (QED) is 0.223. The smallest absolute Gasteiger partial charge is 0.410 e. The zero-order valence-corrected chi connectivity index (χ0v) is 30.3. The molecule has 1 aromatic carbocycles. The van der Waals surface area contributed by atoms with E-state index in [0.717, 1.165) is 55.0 Å². The Morgan fingerprint density at radius 1 is 0.918 bits per heavy atom. The summed E-state index contributed by atoms with van der Waals surface area (Å²) >= 11 is 8.22. The zero-order valence-electron chi connectivity index (χ0n) is 28.7. The summed E-state index contributed by atoms with van der Waals surface area (Å²) in [4.78, 5) is 43.9. The summed E-state index contributed by atoms with van der Waals surface area (Å²) in [6.07, 6.45) is 12.9. The van der Waals surface area contributed by atoms with Gasteiger partial charge >= 0.3 is 6.09 Å². The number of carbonyl (C=O) groups is 2. The van der Waals surface area contributed by atoms with E-state index >= 15 is 0 Å². The van der Waals surface area contributed by atoms with Crippen molar-refractivity contribution in [2.45, 2.75) is 82.1 Å². The van der Waals surface area contributed by atoms with Gasteiger partial charge < -0.3 is 19.3 Å². The van der Waals surface area contributed by atoms with E-state index in [1.54, 1.807) is 18.4 Å². The second-order valence-corrected chi connectivity index (χ2v) is 15.9. The maximum Gasteiger partial charge on any atom is 0.410 e. The van der Waals surface area contributed by atoms with Gasteiger partial charge in [-0.05, 0) is 118 Å². The van der Waals surface area contributed by atoms with Crippen LogP contribution in [0.1, 0.15) is 86.6 Å². The Bertz CT molecular complexity index is 1610. The molecule has 49 heavy (non-hydrogen) atoms. The fourth-order valence-electron chi connectivity index (χ4n) is 7.68. The topological polar surface area (TPSA) is 88.1 Å². The Kier molecular flexibility index (Phi) is 10.7. The van der Waals surface area contributed by atoms with Gasteiger partial charge in [-0.1, -0.05) is 17.7 Å². The van der Waals surface area contributed by atoms with E-state index in [9.17, 15) is 9.59 Å². The van der Waals surface area contributed by atoms with E-state index in [2.05, 4.69) is 24.1 Å². The first kappa shape index (κ1) is 34.2. The molecule has 0 unspecified atom stereocenters. The molecule has 3 aliphatic carbocycles. The summed E-state index contributed by atoms with van der Waals surface area (Å²) in [6, 6.07) is 10.2. The van der Waals surface area contributed by atoms with E-state index in [1.165, 1.54) is 23.4 Å². The SMILES string of the molecule is COc1ccc([C@H]2CC[C@H](CN(c3cc(-c4cnc(C5CC5)s4)ccn3)C(=O)[C@H]3CC[C@H](OC(=O)N4CCN(C)CC4)CC3)CC2)cc1Cl. The number of anilines is 1. The summed E-state index contributed by atoms with van der Waals surface area (Å²) in [5.74, 6) is 2.88. The summed E-state index contributed by atoms with van der Waals surface area (Å²) in [5.41, 5.74) is 2.32. The molecule has 0 radical (unpaired) electrons. The third-order valence-corrected chi connectivity index (χ3v) is 12.5. The molecule has 4 aliphatic rings. The largest absolute Gasteiger partial charge is 0.495 e. The van der Waals surface area contributed by atoms with Gasteiger partial charge in [0.05, 0.1) is 22.0 Å². The van der Waals surface area contributed by atoms with Crippen molar-refractivity contribution in [1.82, 2.24) is 19.8 Å². The highest BCUT2D eigenvalue weighted by Gasteiger charge is 2.35. The Hall–Kier alpha value is -3.21. The molecule has 3 saturated carbocycles. The van der Waals surface area contributed by atoms with E-state index in [-0.39, 0.29) is 24.0 Å². The molecule has 1 aliphatic heterocycles. The molecule has 2 aromatic heterocycles. The number of halogens is 1. The Balaban J connectivity index is 1.03. The number of carbonyl (C=O) groups excluding carboxylic acids is 2. The van der Waals surface area contributed by atoms with Crippen molar-refractivity contribution in [3.63, 3.8) is 0 Å². The van der Waals surface area contributed by atoms with E-state index in [1.807, 2.05) is 40.4 Å². The van der Waals surface area contributed by atoms with Crippen LogP contribution in [0.2, 0.25) is 5.02 Å². The fraction of sp³-hybridized carbons (Fsp3) is 0.579.